The van der Waals surface area contributed by atoms with Gasteiger partial charge in [0.2, 0.25) is 0 Å². The number of benzene rings is 2. The van der Waals surface area contributed by atoms with Crippen molar-refractivity contribution < 1.29 is 4.42 Å². The summed E-state index contributed by atoms with van der Waals surface area (Å²) in [7, 11) is 1.91. The maximum atomic E-state index is 9.64. The number of aromatic nitrogens is 2. The molecule has 0 aliphatic rings. The van der Waals surface area contributed by atoms with E-state index in [1.54, 1.807) is 6.08 Å². The Bertz CT molecular complexity index is 1180. The summed E-state index contributed by atoms with van der Waals surface area (Å²) >= 11 is 4.97. The van der Waals surface area contributed by atoms with Gasteiger partial charge in [0, 0.05) is 22.5 Å². The average molecular weight is 436 g/mol. The minimum atomic E-state index is 0.461. The summed E-state index contributed by atoms with van der Waals surface area (Å²) in [5.74, 6) is 1.25. The van der Waals surface area contributed by atoms with Crippen LogP contribution in [0.5, 0.6) is 0 Å². The van der Waals surface area contributed by atoms with E-state index in [0.29, 0.717) is 17.2 Å². The van der Waals surface area contributed by atoms with Crippen LogP contribution < -0.4 is 0 Å². The van der Waals surface area contributed by atoms with Crippen LogP contribution in [0.4, 0.5) is 0 Å². The van der Waals surface area contributed by atoms with Crippen molar-refractivity contribution in [2.24, 2.45) is 7.05 Å². The van der Waals surface area contributed by atoms with Crippen molar-refractivity contribution in [2.75, 3.05) is 0 Å². The molecule has 0 fully saturated rings. The van der Waals surface area contributed by atoms with Crippen LogP contribution in [-0.2, 0) is 7.05 Å². The molecule has 2 aromatic carbocycles. The number of para-hydroxylation sites is 2. The second-order valence-corrected chi connectivity index (χ2v) is 7.86. The highest BCUT2D eigenvalue weighted by molar-refractivity contribution is 9.10. The van der Waals surface area contributed by atoms with Gasteiger partial charge in [-0.2, -0.15) is 5.26 Å². The molecule has 4 rings (SSSR count). The molecule has 6 heteroatoms. The topological polar surface area (TPSA) is 54.8 Å². The number of furan rings is 1. The van der Waals surface area contributed by atoms with E-state index in [-0.39, 0.29) is 0 Å². The van der Waals surface area contributed by atoms with E-state index >= 15 is 0 Å². The number of rotatable bonds is 4. The highest BCUT2D eigenvalue weighted by Gasteiger charge is 2.13. The van der Waals surface area contributed by atoms with Crippen LogP contribution >= 0.6 is 27.7 Å². The van der Waals surface area contributed by atoms with E-state index in [1.165, 1.54) is 11.8 Å². The molecule has 0 N–H and O–H groups in total. The van der Waals surface area contributed by atoms with E-state index < -0.39 is 0 Å². The van der Waals surface area contributed by atoms with Crippen molar-refractivity contribution in [2.45, 2.75) is 9.99 Å². The van der Waals surface area contributed by atoms with Gasteiger partial charge in [-0.05, 0) is 48.5 Å². The minimum Gasteiger partial charge on any atom is -0.450 e. The van der Waals surface area contributed by atoms with Crippen LogP contribution in [0, 0.1) is 11.3 Å². The Kier molecular flexibility index (Phi) is 4.88. The molecule has 27 heavy (non-hydrogen) atoms. The van der Waals surface area contributed by atoms with E-state index in [2.05, 4.69) is 27.0 Å². The van der Waals surface area contributed by atoms with E-state index in [0.717, 1.165) is 25.5 Å². The Morgan fingerprint density at radius 2 is 1.93 bits per heavy atom. The molecule has 4 aromatic rings. The maximum absolute atomic E-state index is 9.64. The third kappa shape index (κ3) is 3.70. The number of imidazole rings is 1. The van der Waals surface area contributed by atoms with Crippen molar-refractivity contribution in [3.63, 3.8) is 0 Å². The summed E-state index contributed by atoms with van der Waals surface area (Å²) in [6, 6.07) is 21.9. The van der Waals surface area contributed by atoms with Gasteiger partial charge in [-0.3, -0.25) is 0 Å². The van der Waals surface area contributed by atoms with Crippen molar-refractivity contribution >= 4 is 50.4 Å². The Labute approximate surface area is 169 Å². The molecule has 0 saturated heterocycles. The summed E-state index contributed by atoms with van der Waals surface area (Å²) in [5.41, 5.74) is 2.31. The quantitative estimate of drug-likeness (QED) is 0.361. The molecule has 0 radical (unpaired) electrons. The first-order valence-corrected chi connectivity index (χ1v) is 9.82. The molecule has 0 unspecified atom stereocenters. The van der Waals surface area contributed by atoms with Crippen molar-refractivity contribution in [3.8, 4) is 6.07 Å². The van der Waals surface area contributed by atoms with Crippen LogP contribution in [0.15, 0.2) is 79.5 Å². The molecular formula is C21H14BrN3OS. The fourth-order valence-corrected chi connectivity index (χ4v) is 3.80. The van der Waals surface area contributed by atoms with E-state index in [4.69, 9.17) is 4.42 Å². The van der Waals surface area contributed by atoms with E-state index in [1.807, 2.05) is 72.3 Å². The first-order valence-electron chi connectivity index (χ1n) is 8.21. The number of fused-ring (bicyclic) bond motifs is 1. The van der Waals surface area contributed by atoms with Crippen LogP contribution in [0.2, 0.25) is 0 Å². The molecule has 0 atom stereocenters. The fraction of sp³-hybridized carbons (Fsp3) is 0.0476. The lowest BCUT2D eigenvalue weighted by molar-refractivity contribution is 0.466. The Morgan fingerprint density at radius 1 is 1.15 bits per heavy atom. The zero-order valence-electron chi connectivity index (χ0n) is 14.4. The Morgan fingerprint density at radius 3 is 2.67 bits per heavy atom. The third-order valence-corrected chi connectivity index (χ3v) is 5.53. The Hall–Kier alpha value is -2.75. The molecule has 0 aliphatic carbocycles. The van der Waals surface area contributed by atoms with Crippen molar-refractivity contribution in [1.29, 1.82) is 5.26 Å². The van der Waals surface area contributed by atoms with Crippen molar-refractivity contribution in [1.82, 2.24) is 9.55 Å². The number of halogens is 1. The molecular weight excluding hydrogens is 422 g/mol. The summed E-state index contributed by atoms with van der Waals surface area (Å²) in [5, 5.41) is 10.4. The molecule has 2 aromatic heterocycles. The number of aryl methyl sites for hydroxylation is 1. The molecule has 0 amide bonds. The van der Waals surface area contributed by atoms with Gasteiger partial charge in [0.05, 0.1) is 16.6 Å². The lowest BCUT2D eigenvalue weighted by Gasteiger charge is -2.00. The van der Waals surface area contributed by atoms with E-state index in [9.17, 15) is 5.26 Å². The first kappa shape index (κ1) is 17.7. The normalized spacial score (nSPS) is 11.7. The van der Waals surface area contributed by atoms with Gasteiger partial charge in [0.25, 0.3) is 0 Å². The van der Waals surface area contributed by atoms with Crippen molar-refractivity contribution in [3.05, 3.63) is 76.7 Å². The smallest absolute Gasteiger partial charge is 0.165 e. The first-order chi connectivity index (χ1) is 13.1. The standard InChI is InChI=1S/C21H14BrN3OS/c1-25-19-5-3-2-4-18(19)24-21(25)14(13-23)12-16-8-11-20(26-16)27-17-9-6-15(22)7-10-17/h2-12H,1H3/b14-12+. The van der Waals surface area contributed by atoms with Gasteiger partial charge >= 0.3 is 0 Å². The summed E-state index contributed by atoms with van der Waals surface area (Å²) in [6.45, 7) is 0. The predicted octanol–water partition coefficient (Wildman–Crippen LogP) is 6.14. The monoisotopic (exact) mass is 435 g/mol. The van der Waals surface area contributed by atoms with Gasteiger partial charge < -0.3 is 8.98 Å². The average Bonchev–Trinajstić information content (AvgIpc) is 3.26. The highest BCUT2D eigenvalue weighted by Crippen LogP contribution is 2.31. The second-order valence-electron chi connectivity index (χ2n) is 5.87. The largest absolute Gasteiger partial charge is 0.450 e. The SMILES string of the molecule is Cn1c(/C(C#N)=C/c2ccc(Sc3ccc(Br)cc3)o2)nc2ccccc21. The zero-order chi connectivity index (χ0) is 18.8. The molecule has 0 spiro atoms. The molecule has 0 bridgehead atoms. The third-order valence-electron chi connectivity index (χ3n) is 4.07. The summed E-state index contributed by atoms with van der Waals surface area (Å²) in [4.78, 5) is 5.67. The van der Waals surface area contributed by atoms with Crippen LogP contribution in [-0.4, -0.2) is 9.55 Å². The number of hydrogen-bond acceptors (Lipinski definition) is 4. The predicted molar refractivity (Wildman–Crippen MR) is 111 cm³/mol. The van der Waals surface area contributed by atoms with Gasteiger partial charge in [-0.1, -0.05) is 39.8 Å². The van der Waals surface area contributed by atoms with Gasteiger partial charge in [0.1, 0.15) is 11.8 Å². The maximum Gasteiger partial charge on any atom is 0.165 e. The summed E-state index contributed by atoms with van der Waals surface area (Å²) in [6.07, 6.45) is 1.73. The van der Waals surface area contributed by atoms with Gasteiger partial charge in [-0.15, -0.1) is 0 Å². The zero-order valence-corrected chi connectivity index (χ0v) is 16.8. The highest BCUT2D eigenvalue weighted by atomic mass is 79.9. The lowest BCUT2D eigenvalue weighted by Crippen LogP contribution is -1.95. The van der Waals surface area contributed by atoms with Gasteiger partial charge in [0.15, 0.2) is 10.9 Å². The Balaban J connectivity index is 1.63. The summed E-state index contributed by atoms with van der Waals surface area (Å²) < 4.78 is 8.83. The number of allylic oxidation sites excluding steroid dienone is 1. The molecule has 132 valence electrons. The molecule has 0 aliphatic heterocycles. The molecule has 0 saturated carbocycles. The van der Waals surface area contributed by atoms with Gasteiger partial charge in [-0.25, -0.2) is 4.98 Å². The minimum absolute atomic E-state index is 0.461. The van der Waals surface area contributed by atoms with Crippen LogP contribution in [0.25, 0.3) is 22.7 Å². The lowest BCUT2D eigenvalue weighted by atomic mass is 10.2. The second kappa shape index (κ2) is 7.47. The number of nitriles is 1. The molecule has 2 heterocycles. The van der Waals surface area contributed by atoms with Crippen LogP contribution in [0.1, 0.15) is 11.6 Å². The van der Waals surface area contributed by atoms with Crippen LogP contribution in [0.3, 0.4) is 0 Å². The fourth-order valence-electron chi connectivity index (χ4n) is 2.76. The number of hydrogen-bond donors (Lipinski definition) is 0. The number of nitrogens with zero attached hydrogens (tertiary/aromatic N) is 3. The molecule has 4 nitrogen and oxygen atoms in total.